The number of anilines is 1. The fraction of sp³-hybridized carbons (Fsp3) is 0.529. The van der Waals surface area contributed by atoms with E-state index in [-0.39, 0.29) is 28.9 Å². The highest BCUT2D eigenvalue weighted by Gasteiger charge is 2.32. The molecule has 2 amide bonds. The smallest absolute Gasteiger partial charge is 0.223 e. The van der Waals surface area contributed by atoms with Crippen LogP contribution in [0.3, 0.4) is 0 Å². The average Bonchev–Trinajstić information content (AvgIpc) is 3.21. The van der Waals surface area contributed by atoms with Crippen molar-refractivity contribution in [2.45, 2.75) is 37.5 Å². The van der Waals surface area contributed by atoms with Crippen LogP contribution >= 0.6 is 15.9 Å². The number of benzene rings is 1. The van der Waals surface area contributed by atoms with E-state index in [0.29, 0.717) is 36.2 Å². The summed E-state index contributed by atoms with van der Waals surface area (Å²) in [6.45, 7) is 3.34. The average molecular weight is 429 g/mol. The number of rotatable bonds is 4. The second-order valence-corrected chi connectivity index (χ2v) is 9.48. The van der Waals surface area contributed by atoms with E-state index in [0.717, 1.165) is 18.4 Å². The van der Waals surface area contributed by atoms with Gasteiger partial charge in [-0.2, -0.15) is 0 Å². The lowest BCUT2D eigenvalue weighted by molar-refractivity contribution is -0.129. The second kappa shape index (κ2) is 7.07. The van der Waals surface area contributed by atoms with Gasteiger partial charge in [0.1, 0.15) is 0 Å². The SMILES string of the molecule is CC(=O)N1CCc2cc(Br)cc(S(=O)(=O)CCC(=O)N3CCCC3)c21. The van der Waals surface area contributed by atoms with Crippen molar-refractivity contribution in [3.8, 4) is 0 Å². The van der Waals surface area contributed by atoms with E-state index < -0.39 is 9.84 Å². The van der Waals surface area contributed by atoms with E-state index in [1.165, 1.54) is 17.9 Å². The quantitative estimate of drug-likeness (QED) is 0.735. The summed E-state index contributed by atoms with van der Waals surface area (Å²) in [5, 5.41) is 0. The first-order chi connectivity index (χ1) is 11.8. The molecule has 0 aliphatic carbocycles. The van der Waals surface area contributed by atoms with Crippen LogP contribution in [0.5, 0.6) is 0 Å². The lowest BCUT2D eigenvalue weighted by Gasteiger charge is -2.20. The zero-order chi connectivity index (χ0) is 18.2. The molecule has 0 atom stereocenters. The number of hydrogen-bond donors (Lipinski definition) is 0. The molecule has 3 rings (SSSR count). The molecule has 2 aliphatic rings. The van der Waals surface area contributed by atoms with Gasteiger partial charge in [0, 0.05) is 37.5 Å². The third kappa shape index (κ3) is 3.74. The van der Waals surface area contributed by atoms with Crippen LogP contribution < -0.4 is 4.90 Å². The van der Waals surface area contributed by atoms with Crippen molar-refractivity contribution in [3.63, 3.8) is 0 Å². The van der Waals surface area contributed by atoms with Crippen molar-refractivity contribution in [2.24, 2.45) is 0 Å². The van der Waals surface area contributed by atoms with E-state index in [9.17, 15) is 18.0 Å². The Bertz CT molecular complexity index is 816. The molecule has 0 N–H and O–H groups in total. The summed E-state index contributed by atoms with van der Waals surface area (Å²) in [4.78, 5) is 27.4. The van der Waals surface area contributed by atoms with E-state index >= 15 is 0 Å². The predicted molar refractivity (Wildman–Crippen MR) is 98.4 cm³/mol. The maximum absolute atomic E-state index is 12.9. The minimum atomic E-state index is -3.67. The van der Waals surface area contributed by atoms with Crippen LogP contribution in [0.15, 0.2) is 21.5 Å². The number of hydrogen-bond acceptors (Lipinski definition) is 4. The maximum Gasteiger partial charge on any atom is 0.223 e. The van der Waals surface area contributed by atoms with Gasteiger partial charge in [0.25, 0.3) is 0 Å². The summed E-state index contributed by atoms with van der Waals surface area (Å²) in [6.07, 6.45) is 2.56. The van der Waals surface area contributed by atoms with Crippen molar-refractivity contribution in [3.05, 3.63) is 22.2 Å². The number of carbonyl (C=O) groups excluding carboxylic acids is 2. The summed E-state index contributed by atoms with van der Waals surface area (Å²) >= 11 is 3.36. The van der Waals surface area contributed by atoms with Gasteiger partial charge in [0.2, 0.25) is 11.8 Å². The molecule has 8 heteroatoms. The summed E-state index contributed by atoms with van der Waals surface area (Å²) in [5.74, 6) is -0.529. The van der Waals surface area contributed by atoms with Crippen LogP contribution in [-0.2, 0) is 25.8 Å². The molecule has 25 heavy (non-hydrogen) atoms. The summed E-state index contributed by atoms with van der Waals surface area (Å²) < 4.78 is 26.5. The van der Waals surface area contributed by atoms with Gasteiger partial charge < -0.3 is 9.80 Å². The maximum atomic E-state index is 12.9. The number of halogens is 1. The number of likely N-dealkylation sites (tertiary alicyclic amines) is 1. The highest BCUT2D eigenvalue weighted by molar-refractivity contribution is 9.10. The lowest BCUT2D eigenvalue weighted by atomic mass is 10.2. The highest BCUT2D eigenvalue weighted by Crippen LogP contribution is 2.38. The fourth-order valence-corrected chi connectivity index (χ4v) is 5.64. The molecule has 1 aromatic rings. The molecular formula is C17H21BrN2O4S. The van der Waals surface area contributed by atoms with Gasteiger partial charge in [0.05, 0.1) is 16.3 Å². The van der Waals surface area contributed by atoms with E-state index in [1.807, 2.05) is 6.07 Å². The minimum absolute atomic E-state index is 0.0241. The molecule has 1 aromatic carbocycles. The van der Waals surface area contributed by atoms with Crippen LogP contribution in [0.1, 0.15) is 31.7 Å². The Hall–Kier alpha value is -1.41. The molecule has 0 spiro atoms. The molecule has 0 bridgehead atoms. The normalized spacial score (nSPS) is 17.0. The first-order valence-corrected chi connectivity index (χ1v) is 10.8. The van der Waals surface area contributed by atoms with Gasteiger partial charge in [0.15, 0.2) is 9.84 Å². The molecule has 0 radical (unpaired) electrons. The van der Waals surface area contributed by atoms with Crippen LogP contribution in [-0.4, -0.2) is 50.5 Å². The third-order valence-electron chi connectivity index (χ3n) is 4.75. The number of fused-ring (bicyclic) bond motifs is 1. The molecule has 1 fully saturated rings. The zero-order valence-corrected chi connectivity index (χ0v) is 16.5. The Labute approximate surface area is 156 Å². The van der Waals surface area contributed by atoms with Gasteiger partial charge in [-0.25, -0.2) is 8.42 Å². The topological polar surface area (TPSA) is 74.8 Å². The molecule has 136 valence electrons. The van der Waals surface area contributed by atoms with E-state index in [1.54, 1.807) is 4.90 Å². The lowest BCUT2D eigenvalue weighted by Crippen LogP contribution is -2.30. The van der Waals surface area contributed by atoms with Crippen molar-refractivity contribution in [1.82, 2.24) is 4.90 Å². The Morgan fingerprint density at radius 1 is 1.16 bits per heavy atom. The molecular weight excluding hydrogens is 408 g/mol. The van der Waals surface area contributed by atoms with Gasteiger partial charge in [-0.1, -0.05) is 15.9 Å². The summed E-state index contributed by atoms with van der Waals surface area (Å²) in [6, 6.07) is 3.39. The second-order valence-electron chi connectivity index (χ2n) is 6.49. The Morgan fingerprint density at radius 2 is 1.84 bits per heavy atom. The van der Waals surface area contributed by atoms with Crippen LogP contribution in [0.25, 0.3) is 0 Å². The number of carbonyl (C=O) groups is 2. The predicted octanol–water partition coefficient (Wildman–Crippen LogP) is 2.14. The van der Waals surface area contributed by atoms with Crippen molar-refractivity contribution >= 4 is 43.3 Å². The summed E-state index contributed by atoms with van der Waals surface area (Å²) in [7, 11) is -3.67. The number of nitrogens with zero attached hydrogens (tertiary/aromatic N) is 2. The Kier molecular flexibility index (Phi) is 5.20. The molecule has 6 nitrogen and oxygen atoms in total. The highest BCUT2D eigenvalue weighted by atomic mass is 79.9. The van der Waals surface area contributed by atoms with E-state index in [4.69, 9.17) is 0 Å². The van der Waals surface area contributed by atoms with Crippen molar-refractivity contribution < 1.29 is 18.0 Å². The first kappa shape index (κ1) is 18.4. The van der Waals surface area contributed by atoms with Gasteiger partial charge >= 0.3 is 0 Å². The Morgan fingerprint density at radius 3 is 2.48 bits per heavy atom. The molecule has 2 aliphatic heterocycles. The van der Waals surface area contributed by atoms with Gasteiger partial charge in [-0.05, 0) is 37.0 Å². The third-order valence-corrected chi connectivity index (χ3v) is 6.93. The number of sulfone groups is 1. The number of amides is 2. The van der Waals surface area contributed by atoms with Crippen LogP contribution in [0.2, 0.25) is 0 Å². The van der Waals surface area contributed by atoms with Gasteiger partial charge in [-0.15, -0.1) is 0 Å². The molecule has 2 heterocycles. The molecule has 0 aromatic heterocycles. The summed E-state index contributed by atoms with van der Waals surface area (Å²) in [5.41, 5.74) is 1.32. The largest absolute Gasteiger partial charge is 0.343 e. The van der Waals surface area contributed by atoms with Gasteiger partial charge in [-0.3, -0.25) is 9.59 Å². The fourth-order valence-electron chi connectivity index (χ4n) is 3.48. The molecule has 0 saturated carbocycles. The van der Waals surface area contributed by atoms with Crippen LogP contribution in [0.4, 0.5) is 5.69 Å². The Balaban J connectivity index is 1.87. The molecule has 0 unspecified atom stereocenters. The van der Waals surface area contributed by atoms with Crippen LogP contribution in [0, 0.1) is 0 Å². The van der Waals surface area contributed by atoms with Crippen molar-refractivity contribution in [1.29, 1.82) is 0 Å². The monoisotopic (exact) mass is 428 g/mol. The van der Waals surface area contributed by atoms with Crippen molar-refractivity contribution in [2.75, 3.05) is 30.3 Å². The standard InChI is InChI=1S/C17H21BrN2O4S/c1-12(21)20-8-4-13-10-14(18)11-15(17(13)20)25(23,24)9-5-16(22)19-6-2-3-7-19/h10-11H,2-9H2,1H3. The zero-order valence-electron chi connectivity index (χ0n) is 14.1. The minimum Gasteiger partial charge on any atom is -0.343 e. The first-order valence-electron chi connectivity index (χ1n) is 8.40. The molecule has 1 saturated heterocycles. The van der Waals surface area contributed by atoms with E-state index in [2.05, 4.69) is 15.9 Å².